The quantitative estimate of drug-likeness (QED) is 0.228. The predicted molar refractivity (Wildman–Crippen MR) is 171 cm³/mol. The summed E-state index contributed by atoms with van der Waals surface area (Å²) in [5.41, 5.74) is 0.935. The third kappa shape index (κ3) is 4.98. The van der Waals surface area contributed by atoms with Crippen molar-refractivity contribution in [3.05, 3.63) is 35.6 Å². The summed E-state index contributed by atoms with van der Waals surface area (Å²) < 4.78 is 44.3. The van der Waals surface area contributed by atoms with Crippen LogP contribution in [0.5, 0.6) is 23.5 Å². The van der Waals surface area contributed by atoms with Crippen LogP contribution in [0.25, 0.3) is 21.9 Å². The number of hydrogen-bond acceptors (Lipinski definition) is 8. The number of aromatic nitrogens is 4. The van der Waals surface area contributed by atoms with E-state index in [0.717, 1.165) is 88.8 Å². The number of benzene rings is 2. The van der Waals surface area contributed by atoms with Gasteiger partial charge in [0, 0.05) is 43.5 Å². The van der Waals surface area contributed by atoms with E-state index < -0.39 is 12.0 Å². The van der Waals surface area contributed by atoms with Crippen LogP contribution in [-0.4, -0.2) is 74.0 Å². The molecule has 4 aromatic rings. The van der Waals surface area contributed by atoms with Gasteiger partial charge < -0.3 is 19.5 Å². The van der Waals surface area contributed by atoms with Crippen LogP contribution in [0.4, 0.5) is 14.6 Å². The number of imidazole rings is 1. The van der Waals surface area contributed by atoms with Gasteiger partial charge in [0.05, 0.1) is 11.1 Å². The van der Waals surface area contributed by atoms with Gasteiger partial charge in [-0.15, -0.1) is 6.42 Å². The summed E-state index contributed by atoms with van der Waals surface area (Å²) in [4.78, 5) is 19.3. The molecular formula is C35H38F2N6O3. The normalized spacial score (nSPS) is 23.8. The summed E-state index contributed by atoms with van der Waals surface area (Å²) in [6.07, 6.45) is 14.6. The molecule has 46 heavy (non-hydrogen) atoms. The van der Waals surface area contributed by atoms with E-state index in [0.29, 0.717) is 36.0 Å². The third-order valence-electron chi connectivity index (χ3n) is 10.4. The van der Waals surface area contributed by atoms with Gasteiger partial charge in [-0.3, -0.25) is 9.47 Å². The SMILES string of the molecule is C#Cc1c(F)ccc2cc(O)cc(Oc3nc4nc(OC[C@@]56CCCN5C[C@H](F)C6)nc(N5CCCCCC5)c4n3C3CCC3)c12. The largest absolute Gasteiger partial charge is 0.508 e. The number of ether oxygens (including phenoxy) is 2. The number of anilines is 1. The van der Waals surface area contributed by atoms with Gasteiger partial charge in [-0.25, -0.2) is 8.78 Å². The van der Waals surface area contributed by atoms with E-state index in [2.05, 4.69) is 20.3 Å². The Morgan fingerprint density at radius 1 is 1.02 bits per heavy atom. The Labute approximate surface area is 266 Å². The number of rotatable bonds is 7. The Kier molecular flexibility index (Phi) is 7.35. The van der Waals surface area contributed by atoms with Gasteiger partial charge in [-0.05, 0) is 69.0 Å². The highest BCUT2D eigenvalue weighted by Gasteiger charge is 2.49. The molecule has 4 fully saturated rings. The Morgan fingerprint density at radius 3 is 2.61 bits per heavy atom. The van der Waals surface area contributed by atoms with Crippen LogP contribution in [0.2, 0.25) is 0 Å². The summed E-state index contributed by atoms with van der Waals surface area (Å²) in [6.45, 7) is 3.34. The fraction of sp³-hybridized carbons (Fsp3) is 0.514. The summed E-state index contributed by atoms with van der Waals surface area (Å²) in [5.74, 6) is 2.84. The molecule has 2 aromatic carbocycles. The predicted octanol–water partition coefficient (Wildman–Crippen LogP) is 6.66. The molecule has 1 N–H and O–H groups in total. The minimum Gasteiger partial charge on any atom is -0.508 e. The minimum absolute atomic E-state index is 0.0353. The molecular weight excluding hydrogens is 590 g/mol. The first-order valence-electron chi connectivity index (χ1n) is 16.6. The Morgan fingerprint density at radius 2 is 1.85 bits per heavy atom. The Bertz CT molecular complexity index is 1840. The van der Waals surface area contributed by atoms with Gasteiger partial charge in [-0.2, -0.15) is 15.0 Å². The van der Waals surface area contributed by atoms with Crippen molar-refractivity contribution in [2.75, 3.05) is 37.7 Å². The van der Waals surface area contributed by atoms with Crippen LogP contribution in [0.1, 0.15) is 75.8 Å². The second-order valence-electron chi connectivity index (χ2n) is 13.3. The van der Waals surface area contributed by atoms with Gasteiger partial charge in [0.25, 0.3) is 0 Å². The minimum atomic E-state index is -0.852. The molecule has 3 saturated heterocycles. The molecule has 2 aromatic heterocycles. The number of terminal acetylenes is 1. The highest BCUT2D eigenvalue weighted by atomic mass is 19.1. The first-order chi connectivity index (χ1) is 22.4. The molecule has 1 aliphatic carbocycles. The molecule has 9 nitrogen and oxygen atoms in total. The van der Waals surface area contributed by atoms with Gasteiger partial charge in [0.2, 0.25) is 0 Å². The van der Waals surface area contributed by atoms with Crippen LogP contribution in [0, 0.1) is 18.2 Å². The van der Waals surface area contributed by atoms with E-state index in [1.165, 1.54) is 18.2 Å². The molecule has 1 saturated carbocycles. The Hall–Kier alpha value is -4.17. The van der Waals surface area contributed by atoms with Crippen molar-refractivity contribution in [2.24, 2.45) is 0 Å². The maximum Gasteiger partial charge on any atom is 0.320 e. The van der Waals surface area contributed by atoms with E-state index >= 15 is 0 Å². The highest BCUT2D eigenvalue weighted by molar-refractivity contribution is 5.95. The molecule has 0 amide bonds. The molecule has 3 aliphatic heterocycles. The number of nitrogens with zero attached hydrogens (tertiary/aromatic N) is 6. The van der Waals surface area contributed by atoms with Crippen LogP contribution in [-0.2, 0) is 0 Å². The molecule has 240 valence electrons. The van der Waals surface area contributed by atoms with E-state index in [4.69, 9.17) is 30.8 Å². The monoisotopic (exact) mass is 628 g/mol. The zero-order chi connectivity index (χ0) is 31.4. The van der Waals surface area contributed by atoms with Gasteiger partial charge in [0.15, 0.2) is 11.5 Å². The molecule has 0 spiro atoms. The smallest absolute Gasteiger partial charge is 0.320 e. The van der Waals surface area contributed by atoms with Crippen molar-refractivity contribution in [1.29, 1.82) is 0 Å². The molecule has 11 heteroatoms. The number of fused-ring (bicyclic) bond motifs is 3. The van der Waals surface area contributed by atoms with E-state index in [1.807, 2.05) is 0 Å². The second kappa shape index (κ2) is 11.6. The molecule has 0 bridgehead atoms. The summed E-state index contributed by atoms with van der Waals surface area (Å²) in [5, 5.41) is 11.5. The second-order valence-corrected chi connectivity index (χ2v) is 13.3. The first-order valence-corrected chi connectivity index (χ1v) is 16.6. The lowest BCUT2D eigenvalue weighted by molar-refractivity contribution is 0.107. The van der Waals surface area contributed by atoms with Gasteiger partial charge >= 0.3 is 12.0 Å². The van der Waals surface area contributed by atoms with Crippen molar-refractivity contribution >= 4 is 27.8 Å². The van der Waals surface area contributed by atoms with Crippen LogP contribution < -0.4 is 14.4 Å². The zero-order valence-electron chi connectivity index (χ0n) is 25.9. The van der Waals surface area contributed by atoms with Crippen molar-refractivity contribution in [3.63, 3.8) is 0 Å². The summed E-state index contributed by atoms with van der Waals surface area (Å²) in [6, 6.07) is 6.44. The lowest BCUT2D eigenvalue weighted by Crippen LogP contribution is -2.43. The first kappa shape index (κ1) is 29.2. The fourth-order valence-electron chi connectivity index (χ4n) is 7.92. The number of alkyl halides is 1. The average molecular weight is 629 g/mol. The zero-order valence-corrected chi connectivity index (χ0v) is 25.9. The standard InChI is InChI=1S/C35H38F2N6O3/c1-2-26-27(37)12-11-22-17-25(44)18-28(29(22)26)46-34-39-31-30(43(34)24-9-7-10-24)32(41-14-5-3-4-6-15-41)40-33(38-31)45-21-35-13-8-16-42(35)20-23(36)19-35/h1,11-12,17-18,23-24,44H,3-10,13-16,19-21H2/t23-,35+/m1/s1. The topological polar surface area (TPSA) is 88.8 Å². The molecule has 0 radical (unpaired) electrons. The molecule has 5 heterocycles. The van der Waals surface area contributed by atoms with E-state index in [9.17, 15) is 13.9 Å². The number of halogens is 2. The van der Waals surface area contributed by atoms with E-state index in [-0.39, 0.29) is 40.7 Å². The Balaban J connectivity index is 1.25. The lowest BCUT2D eigenvalue weighted by atomic mass is 9.93. The van der Waals surface area contributed by atoms with Crippen molar-refractivity contribution in [3.8, 4) is 35.9 Å². The van der Waals surface area contributed by atoms with Crippen molar-refractivity contribution in [1.82, 2.24) is 24.4 Å². The van der Waals surface area contributed by atoms with E-state index in [1.54, 1.807) is 6.07 Å². The lowest BCUT2D eigenvalue weighted by Gasteiger charge is -2.31. The van der Waals surface area contributed by atoms with Crippen LogP contribution in [0.15, 0.2) is 24.3 Å². The van der Waals surface area contributed by atoms with Crippen molar-refractivity contribution < 1.29 is 23.4 Å². The summed E-state index contributed by atoms with van der Waals surface area (Å²) in [7, 11) is 0. The van der Waals surface area contributed by atoms with Gasteiger partial charge in [0.1, 0.15) is 35.6 Å². The number of hydrogen-bond donors (Lipinski definition) is 1. The van der Waals surface area contributed by atoms with Gasteiger partial charge in [-0.1, -0.05) is 24.8 Å². The summed E-state index contributed by atoms with van der Waals surface area (Å²) >= 11 is 0. The number of phenolic OH excluding ortho intramolecular Hbond substituents is 1. The number of aromatic hydroxyl groups is 1. The van der Waals surface area contributed by atoms with Crippen LogP contribution in [0.3, 0.4) is 0 Å². The van der Waals surface area contributed by atoms with Crippen molar-refractivity contribution in [2.45, 2.75) is 82.0 Å². The third-order valence-corrected chi connectivity index (χ3v) is 10.4. The molecule has 0 unspecified atom stereocenters. The maximum atomic E-state index is 14.9. The fourth-order valence-corrected chi connectivity index (χ4v) is 7.92. The van der Waals surface area contributed by atoms with Crippen LogP contribution >= 0.6 is 0 Å². The maximum absolute atomic E-state index is 14.9. The average Bonchev–Trinajstić information content (AvgIpc) is 3.55. The highest BCUT2D eigenvalue weighted by Crippen LogP contribution is 2.45. The number of phenols is 1. The molecule has 8 rings (SSSR count). The molecule has 4 aliphatic rings. The molecule has 2 atom stereocenters.